The zero-order valence-corrected chi connectivity index (χ0v) is 13.4. The van der Waals surface area contributed by atoms with Crippen LogP contribution >= 0.6 is 0 Å². The number of para-hydroxylation sites is 1. The maximum atomic E-state index is 13.0. The number of halogens is 4. The molecule has 0 saturated carbocycles. The Kier molecular flexibility index (Phi) is 5.01. The highest BCUT2D eigenvalue weighted by molar-refractivity contribution is 5.60. The first-order valence-electron chi connectivity index (χ1n) is 7.66. The summed E-state index contributed by atoms with van der Waals surface area (Å²) in [5.74, 6) is 0.132. The van der Waals surface area contributed by atoms with Crippen LogP contribution in [0.2, 0.25) is 0 Å². The van der Waals surface area contributed by atoms with Gasteiger partial charge in [0.25, 0.3) is 0 Å². The fourth-order valence-corrected chi connectivity index (χ4v) is 2.27. The summed E-state index contributed by atoms with van der Waals surface area (Å²) in [5.41, 5.74) is -0.0918. The standard InChI is InChI=1S/C18H14F4N4/c19-13-7-5-12(6-8-13)11-24-16-9-10-23-17(26-16)25-15-4-2-1-3-14(15)18(20,21)22/h1-10H,11H2,(H2,23,24,25,26). The third-order valence-corrected chi connectivity index (χ3v) is 3.52. The van der Waals surface area contributed by atoms with Crippen molar-refractivity contribution < 1.29 is 17.6 Å². The average Bonchev–Trinajstić information content (AvgIpc) is 2.61. The summed E-state index contributed by atoms with van der Waals surface area (Å²) < 4.78 is 52.0. The Morgan fingerprint density at radius 1 is 0.923 bits per heavy atom. The zero-order chi connectivity index (χ0) is 18.6. The van der Waals surface area contributed by atoms with E-state index in [9.17, 15) is 17.6 Å². The number of nitrogens with one attached hydrogen (secondary N) is 2. The van der Waals surface area contributed by atoms with Gasteiger partial charge in [0, 0.05) is 12.7 Å². The normalized spacial score (nSPS) is 11.2. The first-order chi connectivity index (χ1) is 12.4. The lowest BCUT2D eigenvalue weighted by molar-refractivity contribution is -0.136. The van der Waals surface area contributed by atoms with Crippen LogP contribution in [-0.2, 0) is 12.7 Å². The summed E-state index contributed by atoms with van der Waals surface area (Å²) >= 11 is 0. The van der Waals surface area contributed by atoms with Crippen molar-refractivity contribution >= 4 is 17.5 Å². The molecule has 0 aliphatic carbocycles. The van der Waals surface area contributed by atoms with Crippen LogP contribution < -0.4 is 10.6 Å². The van der Waals surface area contributed by atoms with Crippen molar-refractivity contribution in [3.63, 3.8) is 0 Å². The van der Waals surface area contributed by atoms with E-state index in [2.05, 4.69) is 20.6 Å². The number of hydrogen-bond donors (Lipinski definition) is 2. The van der Waals surface area contributed by atoms with Crippen molar-refractivity contribution in [2.24, 2.45) is 0 Å². The molecule has 4 nitrogen and oxygen atoms in total. The van der Waals surface area contributed by atoms with Crippen LogP contribution in [0, 0.1) is 5.82 Å². The molecule has 0 fully saturated rings. The lowest BCUT2D eigenvalue weighted by atomic mass is 10.1. The number of aromatic nitrogens is 2. The quantitative estimate of drug-likeness (QED) is 0.628. The molecule has 0 amide bonds. The molecule has 2 aromatic carbocycles. The van der Waals surface area contributed by atoms with Gasteiger partial charge in [-0.2, -0.15) is 18.2 Å². The predicted molar refractivity (Wildman–Crippen MR) is 90.5 cm³/mol. The van der Waals surface area contributed by atoms with Crippen LogP contribution in [0.4, 0.5) is 35.0 Å². The van der Waals surface area contributed by atoms with E-state index in [0.29, 0.717) is 12.4 Å². The summed E-state index contributed by atoms with van der Waals surface area (Å²) in [6.07, 6.45) is -3.05. The van der Waals surface area contributed by atoms with E-state index in [4.69, 9.17) is 0 Å². The van der Waals surface area contributed by atoms with Crippen LogP contribution in [0.25, 0.3) is 0 Å². The molecule has 0 radical (unpaired) electrons. The topological polar surface area (TPSA) is 49.8 Å². The lowest BCUT2D eigenvalue weighted by Gasteiger charge is -2.14. The van der Waals surface area contributed by atoms with Gasteiger partial charge in [0.15, 0.2) is 0 Å². The molecule has 0 atom stereocenters. The Balaban J connectivity index is 1.73. The molecule has 26 heavy (non-hydrogen) atoms. The molecule has 0 bridgehead atoms. The summed E-state index contributed by atoms with van der Waals surface area (Å²) in [6, 6.07) is 12.6. The van der Waals surface area contributed by atoms with Gasteiger partial charge >= 0.3 is 6.18 Å². The van der Waals surface area contributed by atoms with E-state index in [1.54, 1.807) is 18.2 Å². The van der Waals surface area contributed by atoms with Crippen LogP contribution in [0.5, 0.6) is 0 Å². The first-order valence-corrected chi connectivity index (χ1v) is 7.66. The maximum Gasteiger partial charge on any atom is 0.418 e. The Bertz CT molecular complexity index is 879. The highest BCUT2D eigenvalue weighted by Gasteiger charge is 2.33. The molecule has 0 aliphatic heterocycles. The highest BCUT2D eigenvalue weighted by Crippen LogP contribution is 2.35. The first kappa shape index (κ1) is 17.7. The predicted octanol–water partition coefficient (Wildman–Crippen LogP) is 4.99. The minimum atomic E-state index is -4.48. The molecular weight excluding hydrogens is 348 g/mol. The Hall–Kier alpha value is -3.16. The maximum absolute atomic E-state index is 13.0. The highest BCUT2D eigenvalue weighted by atomic mass is 19.4. The lowest BCUT2D eigenvalue weighted by Crippen LogP contribution is -2.10. The fourth-order valence-electron chi connectivity index (χ4n) is 2.27. The Labute approximate surface area is 146 Å². The summed E-state index contributed by atoms with van der Waals surface area (Å²) in [5, 5.41) is 5.61. The molecule has 0 unspecified atom stereocenters. The third kappa shape index (κ3) is 4.47. The number of nitrogens with zero attached hydrogens (tertiary/aromatic N) is 2. The van der Waals surface area contributed by atoms with Gasteiger partial charge in [-0.1, -0.05) is 24.3 Å². The second-order valence-electron chi connectivity index (χ2n) is 5.41. The van der Waals surface area contributed by atoms with Gasteiger partial charge in [-0.05, 0) is 35.9 Å². The molecule has 3 aromatic rings. The van der Waals surface area contributed by atoms with E-state index < -0.39 is 11.7 Å². The molecule has 0 spiro atoms. The molecule has 1 aromatic heterocycles. The van der Waals surface area contributed by atoms with Crippen molar-refractivity contribution in [3.8, 4) is 0 Å². The molecule has 134 valence electrons. The van der Waals surface area contributed by atoms with Crippen LogP contribution in [-0.4, -0.2) is 9.97 Å². The van der Waals surface area contributed by atoms with Gasteiger partial charge in [0.05, 0.1) is 11.3 Å². The van der Waals surface area contributed by atoms with E-state index >= 15 is 0 Å². The van der Waals surface area contributed by atoms with Gasteiger partial charge in [-0.3, -0.25) is 0 Å². The van der Waals surface area contributed by atoms with Gasteiger partial charge in [0.1, 0.15) is 11.6 Å². The van der Waals surface area contributed by atoms with Crippen LogP contribution in [0.1, 0.15) is 11.1 Å². The molecular formula is C18H14F4N4. The molecule has 8 heteroatoms. The van der Waals surface area contributed by atoms with E-state index in [0.717, 1.165) is 11.6 Å². The van der Waals surface area contributed by atoms with Crippen molar-refractivity contribution in [2.75, 3.05) is 10.6 Å². The minimum Gasteiger partial charge on any atom is -0.366 e. The third-order valence-electron chi connectivity index (χ3n) is 3.52. The van der Waals surface area contributed by atoms with Gasteiger partial charge in [0.2, 0.25) is 5.95 Å². The van der Waals surface area contributed by atoms with E-state index in [-0.39, 0.29) is 17.5 Å². The summed E-state index contributed by atoms with van der Waals surface area (Å²) in [4.78, 5) is 8.09. The smallest absolute Gasteiger partial charge is 0.366 e. The molecule has 0 aliphatic rings. The SMILES string of the molecule is Fc1ccc(CNc2ccnc(Nc3ccccc3C(F)(F)F)n2)cc1. The minimum absolute atomic E-state index is 0.0332. The fraction of sp³-hybridized carbons (Fsp3) is 0.111. The summed E-state index contributed by atoms with van der Waals surface area (Å²) in [7, 11) is 0. The van der Waals surface area contributed by atoms with Crippen molar-refractivity contribution in [1.82, 2.24) is 9.97 Å². The second kappa shape index (κ2) is 7.38. The van der Waals surface area contributed by atoms with Crippen LogP contribution in [0.15, 0.2) is 60.8 Å². The van der Waals surface area contributed by atoms with Crippen molar-refractivity contribution in [3.05, 3.63) is 77.7 Å². The zero-order valence-electron chi connectivity index (χ0n) is 13.4. The molecule has 3 rings (SSSR count). The van der Waals surface area contributed by atoms with E-state index in [1.807, 2.05) is 0 Å². The number of anilines is 3. The average molecular weight is 362 g/mol. The number of hydrogen-bond acceptors (Lipinski definition) is 4. The monoisotopic (exact) mass is 362 g/mol. The number of rotatable bonds is 5. The molecule has 2 N–H and O–H groups in total. The van der Waals surface area contributed by atoms with E-state index in [1.165, 1.54) is 36.5 Å². The van der Waals surface area contributed by atoms with Gasteiger partial charge < -0.3 is 10.6 Å². The van der Waals surface area contributed by atoms with Crippen LogP contribution in [0.3, 0.4) is 0 Å². The summed E-state index contributed by atoms with van der Waals surface area (Å²) in [6.45, 7) is 0.385. The van der Waals surface area contributed by atoms with Gasteiger partial charge in [-0.15, -0.1) is 0 Å². The number of benzene rings is 2. The molecule has 1 heterocycles. The van der Waals surface area contributed by atoms with Gasteiger partial charge in [-0.25, -0.2) is 9.37 Å². The van der Waals surface area contributed by atoms with Crippen molar-refractivity contribution in [2.45, 2.75) is 12.7 Å². The van der Waals surface area contributed by atoms with Crippen molar-refractivity contribution in [1.29, 1.82) is 0 Å². The number of alkyl halides is 3. The largest absolute Gasteiger partial charge is 0.418 e. The Morgan fingerprint density at radius 3 is 2.38 bits per heavy atom. The second-order valence-corrected chi connectivity index (χ2v) is 5.41. The molecule has 0 saturated heterocycles. The Morgan fingerprint density at radius 2 is 1.65 bits per heavy atom.